The summed E-state index contributed by atoms with van der Waals surface area (Å²) < 4.78 is 1.99. The normalized spacial score (nSPS) is 15.3. The van der Waals surface area contributed by atoms with Gasteiger partial charge in [-0.05, 0) is 32.3 Å². The number of fused-ring (bicyclic) bond motifs is 1. The van der Waals surface area contributed by atoms with Crippen molar-refractivity contribution in [2.45, 2.75) is 6.67 Å². The van der Waals surface area contributed by atoms with Crippen LogP contribution in [0.15, 0.2) is 24.5 Å². The van der Waals surface area contributed by atoms with Crippen molar-refractivity contribution in [3.63, 3.8) is 0 Å². The molecule has 1 aliphatic rings. The number of imidazole rings is 1. The molecule has 2 aromatic rings. The zero-order valence-electron chi connectivity index (χ0n) is 13.8. The van der Waals surface area contributed by atoms with E-state index >= 15 is 0 Å². The van der Waals surface area contributed by atoms with Crippen molar-refractivity contribution in [2.24, 2.45) is 0 Å². The minimum Gasteiger partial charge on any atom is -0.465 e. The maximum atomic E-state index is 12.7. The summed E-state index contributed by atoms with van der Waals surface area (Å²) in [5, 5.41) is 8.99. The molecule has 1 fully saturated rings. The molecule has 1 saturated heterocycles. The largest absolute Gasteiger partial charge is 0.465 e. The summed E-state index contributed by atoms with van der Waals surface area (Å²) in [6.07, 6.45) is 0.834. The molecule has 1 aromatic carbocycles. The number of carbonyl (C=O) groups excluding carboxylic acids is 1. The molecule has 0 spiro atoms. The van der Waals surface area contributed by atoms with Crippen molar-refractivity contribution in [3.8, 4) is 0 Å². The van der Waals surface area contributed by atoms with Gasteiger partial charge in [0.05, 0.1) is 24.0 Å². The lowest BCUT2D eigenvalue weighted by atomic mass is 10.1. The van der Waals surface area contributed by atoms with E-state index < -0.39 is 6.09 Å². The first-order valence-corrected chi connectivity index (χ1v) is 7.82. The van der Waals surface area contributed by atoms with Crippen LogP contribution in [-0.4, -0.2) is 81.6 Å². The Labute approximate surface area is 139 Å². The topological polar surface area (TPSA) is 81.9 Å². The van der Waals surface area contributed by atoms with E-state index in [4.69, 9.17) is 5.11 Å². The van der Waals surface area contributed by atoms with E-state index in [2.05, 4.69) is 4.98 Å². The molecule has 0 aliphatic carbocycles. The van der Waals surface area contributed by atoms with Crippen molar-refractivity contribution in [1.29, 1.82) is 0 Å². The Morgan fingerprint density at radius 1 is 1.17 bits per heavy atom. The SMILES string of the molecule is CN(C)Cn1cnc2ccc(C(=O)N3CCN(C(=O)O)CC3)cc21. The molecule has 0 bridgehead atoms. The average Bonchev–Trinajstić information content (AvgIpc) is 2.96. The number of carbonyl (C=O) groups is 2. The highest BCUT2D eigenvalue weighted by molar-refractivity contribution is 5.97. The van der Waals surface area contributed by atoms with Crippen LogP contribution in [0.5, 0.6) is 0 Å². The smallest absolute Gasteiger partial charge is 0.407 e. The third-order valence-electron chi connectivity index (χ3n) is 4.14. The maximum Gasteiger partial charge on any atom is 0.407 e. The average molecular weight is 331 g/mol. The molecule has 0 radical (unpaired) electrons. The summed E-state index contributed by atoms with van der Waals surface area (Å²) in [5.74, 6) is -0.0699. The fourth-order valence-electron chi connectivity index (χ4n) is 2.89. The van der Waals surface area contributed by atoms with Crippen LogP contribution in [0.3, 0.4) is 0 Å². The summed E-state index contributed by atoms with van der Waals surface area (Å²) in [6, 6.07) is 5.49. The minimum atomic E-state index is -0.934. The van der Waals surface area contributed by atoms with Gasteiger partial charge in [0.1, 0.15) is 0 Å². The van der Waals surface area contributed by atoms with Crippen molar-refractivity contribution >= 4 is 23.0 Å². The molecular weight excluding hydrogens is 310 g/mol. The van der Waals surface area contributed by atoms with Crippen molar-refractivity contribution in [1.82, 2.24) is 24.3 Å². The van der Waals surface area contributed by atoms with Crippen LogP contribution >= 0.6 is 0 Å². The van der Waals surface area contributed by atoms with Gasteiger partial charge in [-0.1, -0.05) is 0 Å². The highest BCUT2D eigenvalue weighted by Gasteiger charge is 2.24. The molecule has 3 rings (SSSR count). The van der Waals surface area contributed by atoms with Gasteiger partial charge in [-0.2, -0.15) is 0 Å². The minimum absolute atomic E-state index is 0.0699. The van der Waals surface area contributed by atoms with Gasteiger partial charge in [0.15, 0.2) is 0 Å². The van der Waals surface area contributed by atoms with Crippen molar-refractivity contribution in [3.05, 3.63) is 30.1 Å². The Kier molecular flexibility index (Phi) is 4.39. The molecule has 8 nitrogen and oxygen atoms in total. The van der Waals surface area contributed by atoms with Gasteiger partial charge in [0.2, 0.25) is 0 Å². The number of piperazine rings is 1. The monoisotopic (exact) mass is 331 g/mol. The standard InChI is InChI=1S/C16H21N5O3/c1-18(2)11-21-10-17-13-4-3-12(9-14(13)21)15(22)19-5-7-20(8-6-19)16(23)24/h3-4,9-10H,5-8,11H2,1-2H3,(H,23,24). The highest BCUT2D eigenvalue weighted by atomic mass is 16.4. The van der Waals surface area contributed by atoms with Crippen LogP contribution in [0.4, 0.5) is 4.79 Å². The van der Waals surface area contributed by atoms with Crippen LogP contribution in [0, 0.1) is 0 Å². The lowest BCUT2D eigenvalue weighted by Gasteiger charge is -2.33. The number of aromatic nitrogens is 2. The number of carboxylic acid groups (broad SMARTS) is 1. The predicted octanol–water partition coefficient (Wildman–Crippen LogP) is 0.991. The van der Waals surface area contributed by atoms with E-state index in [1.165, 1.54) is 4.90 Å². The molecule has 24 heavy (non-hydrogen) atoms. The number of hydrogen-bond donors (Lipinski definition) is 1. The second-order valence-electron chi connectivity index (χ2n) is 6.20. The molecule has 2 heterocycles. The molecule has 1 aromatic heterocycles. The zero-order valence-corrected chi connectivity index (χ0v) is 13.8. The van der Waals surface area contributed by atoms with Crippen LogP contribution < -0.4 is 0 Å². The lowest BCUT2D eigenvalue weighted by Crippen LogP contribution is -2.50. The molecule has 0 atom stereocenters. The van der Waals surface area contributed by atoms with E-state index in [1.54, 1.807) is 17.3 Å². The number of benzene rings is 1. The molecule has 0 saturated carbocycles. The molecular formula is C16H21N5O3. The van der Waals surface area contributed by atoms with Crippen LogP contribution in [0.25, 0.3) is 11.0 Å². The number of amides is 2. The summed E-state index contributed by atoms with van der Waals surface area (Å²) in [4.78, 5) is 33.1. The second kappa shape index (κ2) is 6.48. The fourth-order valence-corrected chi connectivity index (χ4v) is 2.89. The Hall–Kier alpha value is -2.61. The molecule has 0 unspecified atom stereocenters. The van der Waals surface area contributed by atoms with Crippen LogP contribution in [-0.2, 0) is 6.67 Å². The Balaban J connectivity index is 1.79. The third-order valence-corrected chi connectivity index (χ3v) is 4.14. The van der Waals surface area contributed by atoms with Crippen LogP contribution in [0.1, 0.15) is 10.4 Å². The zero-order chi connectivity index (χ0) is 17.3. The van der Waals surface area contributed by atoms with Crippen LogP contribution in [0.2, 0.25) is 0 Å². The first-order valence-electron chi connectivity index (χ1n) is 7.82. The van der Waals surface area contributed by atoms with E-state index in [9.17, 15) is 9.59 Å². The number of rotatable bonds is 3. The van der Waals surface area contributed by atoms with Gasteiger partial charge in [-0.25, -0.2) is 9.78 Å². The van der Waals surface area contributed by atoms with Gasteiger partial charge >= 0.3 is 6.09 Å². The van der Waals surface area contributed by atoms with Gasteiger partial charge in [-0.15, -0.1) is 0 Å². The van der Waals surface area contributed by atoms with E-state index in [-0.39, 0.29) is 5.91 Å². The Morgan fingerprint density at radius 3 is 2.46 bits per heavy atom. The molecule has 128 valence electrons. The van der Waals surface area contributed by atoms with E-state index in [0.717, 1.165) is 11.0 Å². The summed E-state index contributed by atoms with van der Waals surface area (Å²) in [7, 11) is 3.95. The maximum absolute atomic E-state index is 12.7. The summed E-state index contributed by atoms with van der Waals surface area (Å²) >= 11 is 0. The highest BCUT2D eigenvalue weighted by Crippen LogP contribution is 2.17. The fraction of sp³-hybridized carbons (Fsp3) is 0.438. The molecule has 1 N–H and O–H groups in total. The van der Waals surface area contributed by atoms with E-state index in [1.807, 2.05) is 35.7 Å². The van der Waals surface area contributed by atoms with Crippen molar-refractivity contribution in [2.75, 3.05) is 40.3 Å². The van der Waals surface area contributed by atoms with Gasteiger partial charge in [-0.3, -0.25) is 9.69 Å². The van der Waals surface area contributed by atoms with E-state index in [0.29, 0.717) is 38.4 Å². The first kappa shape index (κ1) is 16.3. The van der Waals surface area contributed by atoms with Crippen molar-refractivity contribution < 1.29 is 14.7 Å². The van der Waals surface area contributed by atoms with Gasteiger partial charge in [0.25, 0.3) is 5.91 Å². The second-order valence-corrected chi connectivity index (χ2v) is 6.20. The lowest BCUT2D eigenvalue weighted by molar-refractivity contribution is 0.0625. The number of nitrogens with zero attached hydrogens (tertiary/aromatic N) is 5. The first-order chi connectivity index (χ1) is 11.5. The Morgan fingerprint density at radius 2 is 1.83 bits per heavy atom. The predicted molar refractivity (Wildman–Crippen MR) is 88.9 cm³/mol. The number of hydrogen-bond acceptors (Lipinski definition) is 4. The van der Waals surface area contributed by atoms with Gasteiger partial charge in [0, 0.05) is 31.7 Å². The molecule has 1 aliphatic heterocycles. The summed E-state index contributed by atoms with van der Waals surface area (Å²) in [6.45, 7) is 2.22. The van der Waals surface area contributed by atoms with Gasteiger partial charge < -0.3 is 19.5 Å². The third kappa shape index (κ3) is 3.18. The quantitative estimate of drug-likeness (QED) is 0.907. The molecule has 8 heteroatoms. The Bertz CT molecular complexity index is 762. The summed E-state index contributed by atoms with van der Waals surface area (Å²) in [5.41, 5.74) is 2.37. The molecule has 2 amide bonds.